The van der Waals surface area contributed by atoms with Crippen LogP contribution in [0.4, 0.5) is 0 Å². The van der Waals surface area contributed by atoms with Crippen LogP contribution in [0.15, 0.2) is 22.2 Å². The number of aliphatic hydroxyl groups is 1. The highest BCUT2D eigenvalue weighted by atomic mass is 35.5. The maximum atomic E-state index is 9.29. The van der Waals surface area contributed by atoms with E-state index < -0.39 is 6.10 Å². The van der Waals surface area contributed by atoms with Crippen LogP contribution in [0, 0.1) is 5.92 Å². The van der Waals surface area contributed by atoms with E-state index in [0.717, 1.165) is 0 Å². The Labute approximate surface area is 69.9 Å². The van der Waals surface area contributed by atoms with E-state index in [1.54, 1.807) is 12.2 Å². The van der Waals surface area contributed by atoms with Crippen LogP contribution in [0.25, 0.3) is 0 Å². The fourth-order valence-corrected chi connectivity index (χ4v) is 1.23. The molecule has 0 heterocycles. The summed E-state index contributed by atoms with van der Waals surface area (Å²) < 4.78 is 0. The predicted molar refractivity (Wildman–Crippen MR) is 43.0 cm³/mol. The Morgan fingerprint density at radius 3 is 2.30 bits per heavy atom. The first-order valence-corrected chi connectivity index (χ1v) is 3.79. The van der Waals surface area contributed by atoms with E-state index in [4.69, 9.17) is 23.2 Å². The highest BCUT2D eigenvalue weighted by Crippen LogP contribution is 2.29. The van der Waals surface area contributed by atoms with Crippen LogP contribution < -0.4 is 0 Å². The van der Waals surface area contributed by atoms with Gasteiger partial charge < -0.3 is 5.11 Å². The summed E-state index contributed by atoms with van der Waals surface area (Å²) in [7, 11) is 0. The monoisotopic (exact) mass is 178 g/mol. The number of aliphatic hydroxyl groups excluding tert-OH is 1. The Hall–Kier alpha value is 0.0200. The Kier molecular flexibility index (Phi) is 2.40. The molecule has 0 aromatic rings. The second kappa shape index (κ2) is 2.95. The molecule has 0 radical (unpaired) electrons. The summed E-state index contributed by atoms with van der Waals surface area (Å²) in [6, 6.07) is 0. The molecule has 1 aliphatic carbocycles. The Balaban J connectivity index is 2.86. The molecule has 1 N–H and O–H groups in total. The van der Waals surface area contributed by atoms with Gasteiger partial charge in [0.05, 0.1) is 6.10 Å². The molecule has 0 aromatic heterocycles. The molecule has 0 bridgehead atoms. The number of rotatable bonds is 0. The van der Waals surface area contributed by atoms with Gasteiger partial charge in [-0.3, -0.25) is 0 Å². The quantitative estimate of drug-likeness (QED) is 0.604. The van der Waals surface area contributed by atoms with Crippen LogP contribution >= 0.6 is 23.2 Å². The van der Waals surface area contributed by atoms with Crippen LogP contribution in [-0.2, 0) is 0 Å². The summed E-state index contributed by atoms with van der Waals surface area (Å²) in [5.74, 6) is -0.0702. The van der Waals surface area contributed by atoms with Crippen LogP contribution in [0.1, 0.15) is 6.92 Å². The lowest BCUT2D eigenvalue weighted by molar-refractivity contribution is 0.177. The van der Waals surface area contributed by atoms with Gasteiger partial charge in [-0.2, -0.15) is 0 Å². The molecule has 3 heteroatoms. The second-order valence-corrected chi connectivity index (χ2v) is 3.21. The minimum absolute atomic E-state index is 0.0702. The van der Waals surface area contributed by atoms with Crippen molar-refractivity contribution in [2.45, 2.75) is 13.0 Å². The van der Waals surface area contributed by atoms with Crippen molar-refractivity contribution in [1.82, 2.24) is 0 Å². The standard InChI is InChI=1S/C7H8Cl2O/c1-4-5(8)2-3-6(9)7(4)10/h2-4,7,10H,1H3. The maximum Gasteiger partial charge on any atom is 0.0969 e. The van der Waals surface area contributed by atoms with E-state index in [1.807, 2.05) is 6.92 Å². The highest BCUT2D eigenvalue weighted by Gasteiger charge is 2.22. The summed E-state index contributed by atoms with van der Waals surface area (Å²) in [5.41, 5.74) is 0. The van der Waals surface area contributed by atoms with E-state index in [1.165, 1.54) is 0 Å². The number of halogens is 2. The minimum atomic E-state index is -0.626. The molecule has 56 valence electrons. The zero-order valence-electron chi connectivity index (χ0n) is 5.51. The molecule has 1 nitrogen and oxygen atoms in total. The lowest BCUT2D eigenvalue weighted by Crippen LogP contribution is -2.20. The lowest BCUT2D eigenvalue weighted by Gasteiger charge is -2.20. The third-order valence-corrected chi connectivity index (χ3v) is 2.41. The Bertz CT molecular complexity index is 174. The van der Waals surface area contributed by atoms with Gasteiger partial charge in [0.2, 0.25) is 0 Å². The summed E-state index contributed by atoms with van der Waals surface area (Å²) in [6.07, 6.45) is 2.70. The second-order valence-electron chi connectivity index (χ2n) is 2.34. The predicted octanol–water partition coefficient (Wildman–Crippen LogP) is 2.24. The van der Waals surface area contributed by atoms with Gasteiger partial charge >= 0.3 is 0 Å². The van der Waals surface area contributed by atoms with E-state index in [2.05, 4.69) is 0 Å². The SMILES string of the molecule is CC1C(Cl)=CC=C(Cl)C1O. The van der Waals surface area contributed by atoms with Crippen LogP contribution in [0.5, 0.6) is 0 Å². The summed E-state index contributed by atoms with van der Waals surface area (Å²) >= 11 is 11.4. The molecule has 2 unspecified atom stereocenters. The topological polar surface area (TPSA) is 20.2 Å². The van der Waals surface area contributed by atoms with Crippen LogP contribution in [0.3, 0.4) is 0 Å². The van der Waals surface area contributed by atoms with Gasteiger partial charge in [-0.25, -0.2) is 0 Å². The normalized spacial score (nSPS) is 33.2. The number of hydrogen-bond acceptors (Lipinski definition) is 1. The van der Waals surface area contributed by atoms with E-state index in [0.29, 0.717) is 10.1 Å². The van der Waals surface area contributed by atoms with Gasteiger partial charge in [0, 0.05) is 16.0 Å². The fraction of sp³-hybridized carbons (Fsp3) is 0.429. The first-order valence-electron chi connectivity index (χ1n) is 3.03. The largest absolute Gasteiger partial charge is 0.387 e. The maximum absolute atomic E-state index is 9.29. The molecule has 0 aliphatic heterocycles. The average Bonchev–Trinajstić information content (AvgIpc) is 1.93. The summed E-state index contributed by atoms with van der Waals surface area (Å²) in [5, 5.41) is 10.4. The van der Waals surface area contributed by atoms with E-state index in [-0.39, 0.29) is 5.92 Å². The highest BCUT2D eigenvalue weighted by molar-refractivity contribution is 6.32. The fourth-order valence-electron chi connectivity index (χ4n) is 0.799. The van der Waals surface area contributed by atoms with Crippen molar-refractivity contribution >= 4 is 23.2 Å². The average molecular weight is 179 g/mol. The van der Waals surface area contributed by atoms with E-state index >= 15 is 0 Å². The Morgan fingerprint density at radius 1 is 1.30 bits per heavy atom. The van der Waals surface area contributed by atoms with Gasteiger partial charge in [0.1, 0.15) is 0 Å². The molecule has 2 atom stereocenters. The first kappa shape index (κ1) is 8.12. The lowest BCUT2D eigenvalue weighted by atomic mass is 10.00. The van der Waals surface area contributed by atoms with Crippen molar-refractivity contribution in [3.05, 3.63) is 22.2 Å². The van der Waals surface area contributed by atoms with Gasteiger partial charge in [0.25, 0.3) is 0 Å². The molecule has 0 saturated carbocycles. The molecule has 1 aliphatic rings. The molecule has 0 spiro atoms. The molecule has 0 saturated heterocycles. The third-order valence-electron chi connectivity index (χ3n) is 1.59. The molecular weight excluding hydrogens is 171 g/mol. The molecule has 0 amide bonds. The third kappa shape index (κ3) is 1.36. The Morgan fingerprint density at radius 2 is 1.80 bits per heavy atom. The number of hydrogen-bond donors (Lipinski definition) is 1. The van der Waals surface area contributed by atoms with Crippen molar-refractivity contribution in [2.75, 3.05) is 0 Å². The van der Waals surface area contributed by atoms with Gasteiger partial charge in [0.15, 0.2) is 0 Å². The van der Waals surface area contributed by atoms with Crippen molar-refractivity contribution in [2.24, 2.45) is 5.92 Å². The minimum Gasteiger partial charge on any atom is -0.387 e. The van der Waals surface area contributed by atoms with E-state index in [9.17, 15) is 5.11 Å². The van der Waals surface area contributed by atoms with Crippen molar-refractivity contribution in [3.63, 3.8) is 0 Å². The summed E-state index contributed by atoms with van der Waals surface area (Å²) in [6.45, 7) is 1.83. The van der Waals surface area contributed by atoms with Gasteiger partial charge in [-0.05, 0) is 12.2 Å². The zero-order valence-corrected chi connectivity index (χ0v) is 7.02. The molecule has 0 fully saturated rings. The summed E-state index contributed by atoms with van der Waals surface area (Å²) in [4.78, 5) is 0. The molecular formula is C7H8Cl2O. The number of allylic oxidation sites excluding steroid dienone is 2. The van der Waals surface area contributed by atoms with Crippen molar-refractivity contribution in [3.8, 4) is 0 Å². The first-order chi connectivity index (χ1) is 4.63. The van der Waals surface area contributed by atoms with Crippen molar-refractivity contribution < 1.29 is 5.11 Å². The van der Waals surface area contributed by atoms with Crippen LogP contribution in [-0.4, -0.2) is 11.2 Å². The molecule has 10 heavy (non-hydrogen) atoms. The zero-order chi connectivity index (χ0) is 7.72. The van der Waals surface area contributed by atoms with Crippen molar-refractivity contribution in [1.29, 1.82) is 0 Å². The van der Waals surface area contributed by atoms with Gasteiger partial charge in [-0.1, -0.05) is 30.1 Å². The van der Waals surface area contributed by atoms with Crippen LogP contribution in [0.2, 0.25) is 0 Å². The molecule has 1 rings (SSSR count). The van der Waals surface area contributed by atoms with Gasteiger partial charge in [-0.15, -0.1) is 0 Å². The molecule has 0 aromatic carbocycles. The smallest absolute Gasteiger partial charge is 0.0969 e.